The minimum Gasteiger partial charge on any atom is -0.308 e. The van der Waals surface area contributed by atoms with E-state index in [2.05, 4.69) is 15.4 Å². The summed E-state index contributed by atoms with van der Waals surface area (Å²) in [5, 5.41) is 7.56. The highest BCUT2D eigenvalue weighted by Gasteiger charge is 2.23. The van der Waals surface area contributed by atoms with Crippen LogP contribution >= 0.6 is 11.6 Å². The summed E-state index contributed by atoms with van der Waals surface area (Å²) < 4.78 is 17.0. The van der Waals surface area contributed by atoms with Crippen LogP contribution in [0.15, 0.2) is 55.1 Å². The fourth-order valence-electron chi connectivity index (χ4n) is 2.95. The zero-order valence-corrected chi connectivity index (χ0v) is 15.7. The fraction of sp³-hybridized carbons (Fsp3) is 0.250. The minimum absolute atomic E-state index is 0. The number of halogens is 2. The van der Waals surface area contributed by atoms with Crippen LogP contribution in [-0.4, -0.2) is 27.1 Å². The Kier molecular flexibility index (Phi) is 6.32. The summed E-state index contributed by atoms with van der Waals surface area (Å²) >= 11 is 6.15. The van der Waals surface area contributed by atoms with E-state index in [1.54, 1.807) is 41.3 Å². The number of carbonyl (C=O) groups is 1. The van der Waals surface area contributed by atoms with Crippen LogP contribution < -0.4 is 5.32 Å². The van der Waals surface area contributed by atoms with Gasteiger partial charge >= 0.3 is 0 Å². The molecule has 0 bridgehead atoms. The lowest BCUT2D eigenvalue weighted by molar-refractivity contribution is 0.103. The van der Waals surface area contributed by atoms with Crippen molar-refractivity contribution in [3.05, 3.63) is 82.6 Å². The standard InChI is InChI=1S/C20H20ClFN4O.H2/c1-2-17(24-10-12-26-11-4-9-25-26)15-6-7-16(21)18(19(15)22)20(27)14-5-3-8-23-13-14;/h3-9,11,13,17,24H,2,10,12H2,1H3;1H/t17-;/m1./s1. The van der Waals surface area contributed by atoms with E-state index in [4.69, 9.17) is 11.6 Å². The molecule has 27 heavy (non-hydrogen) atoms. The Labute approximate surface area is 163 Å². The molecule has 7 heteroatoms. The number of pyridine rings is 1. The SMILES string of the molecule is CC[C@@H](NCCn1cccn1)c1ccc(Cl)c(C(=O)c2cccnc2)c1F.[HH]. The molecule has 0 radical (unpaired) electrons. The average Bonchev–Trinajstić information content (AvgIpc) is 3.20. The normalized spacial score (nSPS) is 12.1. The van der Waals surface area contributed by atoms with Crippen molar-refractivity contribution in [2.24, 2.45) is 0 Å². The summed E-state index contributed by atoms with van der Waals surface area (Å²) in [5.74, 6) is -1.06. The second-order valence-electron chi connectivity index (χ2n) is 6.08. The highest BCUT2D eigenvalue weighted by atomic mass is 35.5. The molecular formula is C20H22ClFN4O. The number of benzene rings is 1. The predicted molar refractivity (Wildman–Crippen MR) is 104 cm³/mol. The molecule has 0 unspecified atom stereocenters. The van der Waals surface area contributed by atoms with E-state index in [1.165, 1.54) is 6.20 Å². The molecule has 0 aliphatic rings. The highest BCUT2D eigenvalue weighted by molar-refractivity contribution is 6.35. The summed E-state index contributed by atoms with van der Waals surface area (Å²) in [6, 6.07) is 8.05. The molecule has 1 N–H and O–H groups in total. The monoisotopic (exact) mass is 388 g/mol. The zero-order valence-electron chi connectivity index (χ0n) is 14.9. The molecule has 0 aliphatic heterocycles. The summed E-state index contributed by atoms with van der Waals surface area (Å²) in [7, 11) is 0. The first kappa shape index (κ1) is 19.2. The maximum absolute atomic E-state index is 15.2. The van der Waals surface area contributed by atoms with E-state index in [9.17, 15) is 4.79 Å². The van der Waals surface area contributed by atoms with Crippen LogP contribution in [0.3, 0.4) is 0 Å². The average molecular weight is 389 g/mol. The molecule has 0 amide bonds. The number of nitrogens with zero attached hydrogens (tertiary/aromatic N) is 3. The molecule has 1 atom stereocenters. The van der Waals surface area contributed by atoms with Crippen LogP contribution in [0.5, 0.6) is 0 Å². The largest absolute Gasteiger partial charge is 0.308 e. The number of ketones is 1. The second kappa shape index (κ2) is 8.88. The molecule has 0 fully saturated rings. The summed E-state index contributed by atoms with van der Waals surface area (Å²) in [4.78, 5) is 16.6. The Hall–Kier alpha value is -2.57. The van der Waals surface area contributed by atoms with Crippen molar-refractivity contribution in [2.45, 2.75) is 25.9 Å². The van der Waals surface area contributed by atoms with Gasteiger partial charge in [0.15, 0.2) is 5.78 Å². The van der Waals surface area contributed by atoms with Crippen LogP contribution in [0.4, 0.5) is 4.39 Å². The van der Waals surface area contributed by atoms with Gasteiger partial charge in [0.25, 0.3) is 0 Å². The van der Waals surface area contributed by atoms with Gasteiger partial charge in [-0.3, -0.25) is 14.5 Å². The lowest BCUT2D eigenvalue weighted by Gasteiger charge is -2.20. The Morgan fingerprint density at radius 1 is 1.33 bits per heavy atom. The van der Waals surface area contributed by atoms with Crippen molar-refractivity contribution in [3.8, 4) is 0 Å². The van der Waals surface area contributed by atoms with E-state index in [0.29, 0.717) is 30.6 Å². The Bertz CT molecular complexity index is 906. The van der Waals surface area contributed by atoms with Gasteiger partial charge < -0.3 is 5.32 Å². The summed E-state index contributed by atoms with van der Waals surface area (Å²) in [6.07, 6.45) is 7.22. The zero-order chi connectivity index (χ0) is 19.2. The van der Waals surface area contributed by atoms with Gasteiger partial charge in [0, 0.05) is 49.9 Å². The lowest BCUT2D eigenvalue weighted by atomic mass is 9.96. The summed E-state index contributed by atoms with van der Waals surface area (Å²) in [5.41, 5.74) is 0.610. The van der Waals surface area contributed by atoms with Gasteiger partial charge in [-0.1, -0.05) is 24.6 Å². The molecule has 1 aromatic carbocycles. The third-order valence-electron chi connectivity index (χ3n) is 4.35. The van der Waals surface area contributed by atoms with Crippen LogP contribution in [0, 0.1) is 5.82 Å². The number of carbonyl (C=O) groups excluding carboxylic acids is 1. The van der Waals surface area contributed by atoms with E-state index in [0.717, 1.165) is 0 Å². The molecule has 0 saturated carbocycles. The van der Waals surface area contributed by atoms with Crippen LogP contribution in [0.1, 0.15) is 42.3 Å². The van der Waals surface area contributed by atoms with Gasteiger partial charge in [0.05, 0.1) is 17.1 Å². The maximum Gasteiger partial charge on any atom is 0.199 e. The molecule has 2 heterocycles. The first-order valence-electron chi connectivity index (χ1n) is 8.75. The van der Waals surface area contributed by atoms with Gasteiger partial charge in [0.2, 0.25) is 0 Å². The minimum atomic E-state index is -0.588. The number of rotatable bonds is 8. The highest BCUT2D eigenvalue weighted by Crippen LogP contribution is 2.29. The smallest absolute Gasteiger partial charge is 0.199 e. The van der Waals surface area contributed by atoms with Crippen LogP contribution in [0.2, 0.25) is 5.02 Å². The lowest BCUT2D eigenvalue weighted by Crippen LogP contribution is -2.26. The maximum atomic E-state index is 15.2. The van der Waals surface area contributed by atoms with Crippen LogP contribution in [0.25, 0.3) is 0 Å². The van der Waals surface area contributed by atoms with E-state index in [1.807, 2.05) is 19.2 Å². The number of aromatic nitrogens is 3. The topological polar surface area (TPSA) is 59.8 Å². The molecule has 0 spiro atoms. The third kappa shape index (κ3) is 4.40. The number of nitrogens with one attached hydrogen (secondary N) is 1. The molecule has 0 saturated heterocycles. The quantitative estimate of drug-likeness (QED) is 0.585. The van der Waals surface area contributed by atoms with Crippen LogP contribution in [-0.2, 0) is 6.54 Å². The summed E-state index contributed by atoms with van der Waals surface area (Å²) in [6.45, 7) is 3.25. The van der Waals surface area contributed by atoms with Gasteiger partial charge in [0.1, 0.15) is 5.82 Å². The predicted octanol–water partition coefficient (Wildman–Crippen LogP) is 4.29. The van der Waals surface area contributed by atoms with Gasteiger partial charge in [-0.15, -0.1) is 0 Å². The third-order valence-corrected chi connectivity index (χ3v) is 4.66. The van der Waals surface area contributed by atoms with Crippen molar-refractivity contribution in [1.29, 1.82) is 0 Å². The second-order valence-corrected chi connectivity index (χ2v) is 6.49. The molecule has 3 aromatic rings. The van der Waals surface area contributed by atoms with Crippen molar-refractivity contribution in [2.75, 3.05) is 6.54 Å². The van der Waals surface area contributed by atoms with E-state index < -0.39 is 11.6 Å². The molecule has 2 aromatic heterocycles. The molecule has 0 aliphatic carbocycles. The Balaban J connectivity index is 0.00000280. The molecule has 3 rings (SSSR count). The Morgan fingerprint density at radius 3 is 2.85 bits per heavy atom. The Morgan fingerprint density at radius 2 is 2.19 bits per heavy atom. The fourth-order valence-corrected chi connectivity index (χ4v) is 3.18. The molecular weight excluding hydrogens is 367 g/mol. The van der Waals surface area contributed by atoms with E-state index in [-0.39, 0.29) is 18.1 Å². The van der Waals surface area contributed by atoms with Crippen molar-refractivity contribution < 1.29 is 10.6 Å². The number of hydrogen-bond donors (Lipinski definition) is 1. The van der Waals surface area contributed by atoms with Gasteiger partial charge in [-0.25, -0.2) is 4.39 Å². The first-order chi connectivity index (χ1) is 13.1. The van der Waals surface area contributed by atoms with Gasteiger partial charge in [-0.05, 0) is 30.7 Å². The first-order valence-corrected chi connectivity index (χ1v) is 9.13. The van der Waals surface area contributed by atoms with Crippen molar-refractivity contribution in [1.82, 2.24) is 20.1 Å². The molecule has 142 valence electrons. The molecule has 5 nitrogen and oxygen atoms in total. The van der Waals surface area contributed by atoms with Crippen molar-refractivity contribution in [3.63, 3.8) is 0 Å². The van der Waals surface area contributed by atoms with E-state index >= 15 is 4.39 Å². The van der Waals surface area contributed by atoms with Crippen molar-refractivity contribution >= 4 is 17.4 Å². The van der Waals surface area contributed by atoms with Gasteiger partial charge in [-0.2, -0.15) is 5.10 Å². The number of hydrogen-bond acceptors (Lipinski definition) is 4.